The molecule has 130 valence electrons. The number of hydrogen-bond donors (Lipinski definition) is 1. The van der Waals surface area contributed by atoms with Gasteiger partial charge < -0.3 is 10.6 Å². The first-order chi connectivity index (χ1) is 11.2. The molecule has 5 rings (SSSR count). The number of fused-ring (bicyclic) bond motifs is 3. The molecule has 1 amide bonds. The molecule has 3 aliphatic carbocycles. The first-order valence-corrected chi connectivity index (χ1v) is 9.32. The maximum atomic E-state index is 13.1. The van der Waals surface area contributed by atoms with Crippen LogP contribution in [0.25, 0.3) is 0 Å². The summed E-state index contributed by atoms with van der Waals surface area (Å²) >= 11 is 0. The Morgan fingerprint density at radius 3 is 2.88 bits per heavy atom. The molecule has 0 bridgehead atoms. The molecule has 4 heteroatoms. The molecule has 24 heavy (non-hydrogen) atoms. The van der Waals surface area contributed by atoms with Crippen LogP contribution in [-0.4, -0.2) is 29.9 Å². The van der Waals surface area contributed by atoms with Gasteiger partial charge in [0.05, 0.1) is 0 Å². The van der Waals surface area contributed by atoms with E-state index in [4.69, 9.17) is 5.73 Å². The number of amides is 1. The highest BCUT2D eigenvalue weighted by Crippen LogP contribution is 2.61. The molecule has 3 fully saturated rings. The number of hydrogen-bond acceptors (Lipinski definition) is 2. The van der Waals surface area contributed by atoms with Gasteiger partial charge in [0.25, 0.3) is 0 Å². The summed E-state index contributed by atoms with van der Waals surface area (Å²) in [5.74, 6) is 1.89. The first kappa shape index (κ1) is 16.4. The lowest BCUT2D eigenvalue weighted by molar-refractivity contribution is -0.132. The maximum Gasteiger partial charge on any atom is 0.226 e. The van der Waals surface area contributed by atoms with E-state index in [2.05, 4.69) is 29.2 Å². The second-order valence-electron chi connectivity index (χ2n) is 8.33. The lowest BCUT2D eigenvalue weighted by atomic mass is 9.78. The Labute approximate surface area is 150 Å². The molecule has 5 atom stereocenters. The highest BCUT2D eigenvalue weighted by molar-refractivity contribution is 5.85. The average Bonchev–Trinajstić information content (AvgIpc) is 2.95. The molecular formula is C20H27ClN2O. The van der Waals surface area contributed by atoms with Crippen molar-refractivity contribution in [2.45, 2.75) is 50.0 Å². The van der Waals surface area contributed by atoms with Crippen LogP contribution in [0.4, 0.5) is 0 Å². The minimum absolute atomic E-state index is 0. The molecule has 1 aliphatic heterocycles. The standard InChI is InChI=1S/C20H26N2O.ClH/c21-18-8-7-14-11-22(12-15(14)18)19(23)17-10-20(17)9-3-5-13-4-1-2-6-16(13)20;/h1-2,4,6,14-15,17-18H,3,5,7-12,21H2;1H. The van der Waals surface area contributed by atoms with Crippen molar-refractivity contribution < 1.29 is 4.79 Å². The van der Waals surface area contributed by atoms with E-state index in [-0.39, 0.29) is 23.7 Å². The van der Waals surface area contributed by atoms with Crippen LogP contribution < -0.4 is 5.73 Å². The highest BCUT2D eigenvalue weighted by atomic mass is 35.5. The van der Waals surface area contributed by atoms with Gasteiger partial charge in [0.2, 0.25) is 5.91 Å². The van der Waals surface area contributed by atoms with Gasteiger partial charge >= 0.3 is 0 Å². The fraction of sp³-hybridized carbons (Fsp3) is 0.650. The Kier molecular flexibility index (Phi) is 3.92. The number of nitrogens with two attached hydrogens (primary N) is 1. The number of nitrogens with zero attached hydrogens (tertiary/aromatic N) is 1. The Balaban J connectivity index is 0.00000146. The third-order valence-electron chi connectivity index (χ3n) is 7.22. The number of carbonyl (C=O) groups is 1. The van der Waals surface area contributed by atoms with E-state index in [0.29, 0.717) is 23.8 Å². The number of likely N-dealkylation sites (tertiary alicyclic amines) is 1. The van der Waals surface area contributed by atoms with Crippen LogP contribution in [-0.2, 0) is 16.6 Å². The Morgan fingerprint density at radius 2 is 2.04 bits per heavy atom. The Morgan fingerprint density at radius 1 is 1.21 bits per heavy atom. The summed E-state index contributed by atoms with van der Waals surface area (Å²) in [5.41, 5.74) is 9.36. The van der Waals surface area contributed by atoms with Gasteiger partial charge in [0.15, 0.2) is 0 Å². The number of rotatable bonds is 1. The fourth-order valence-electron chi connectivity index (χ4n) is 5.86. The van der Waals surface area contributed by atoms with Gasteiger partial charge in [-0.3, -0.25) is 4.79 Å². The average molecular weight is 347 g/mol. The SMILES string of the molecule is Cl.NC1CCC2CN(C(=O)C3CC34CCCc3ccccc34)CC12. The fourth-order valence-corrected chi connectivity index (χ4v) is 5.86. The van der Waals surface area contributed by atoms with Gasteiger partial charge in [0.1, 0.15) is 0 Å². The van der Waals surface area contributed by atoms with Gasteiger partial charge in [-0.1, -0.05) is 24.3 Å². The summed E-state index contributed by atoms with van der Waals surface area (Å²) in [6.45, 7) is 1.88. The smallest absolute Gasteiger partial charge is 0.226 e. The molecule has 3 nitrogen and oxygen atoms in total. The minimum atomic E-state index is 0. The zero-order valence-corrected chi connectivity index (χ0v) is 14.9. The molecule has 0 radical (unpaired) electrons. The molecule has 0 aromatic heterocycles. The molecule has 1 aromatic rings. The van der Waals surface area contributed by atoms with Crippen molar-refractivity contribution >= 4 is 18.3 Å². The van der Waals surface area contributed by atoms with Crippen molar-refractivity contribution in [2.75, 3.05) is 13.1 Å². The van der Waals surface area contributed by atoms with E-state index in [1.807, 2.05) is 0 Å². The van der Waals surface area contributed by atoms with Crippen molar-refractivity contribution in [2.24, 2.45) is 23.5 Å². The summed E-state index contributed by atoms with van der Waals surface area (Å²) in [5, 5.41) is 0. The molecule has 2 saturated carbocycles. The van der Waals surface area contributed by atoms with Crippen LogP contribution in [0, 0.1) is 17.8 Å². The van der Waals surface area contributed by atoms with Crippen LogP contribution in [0.5, 0.6) is 0 Å². The normalized spacial score (nSPS) is 39.3. The number of carbonyl (C=O) groups excluding carboxylic acids is 1. The van der Waals surface area contributed by atoms with Crippen LogP contribution in [0.2, 0.25) is 0 Å². The molecule has 1 spiro atoms. The topological polar surface area (TPSA) is 46.3 Å². The van der Waals surface area contributed by atoms with Crippen molar-refractivity contribution in [3.63, 3.8) is 0 Å². The lowest BCUT2D eigenvalue weighted by Crippen LogP contribution is -2.36. The van der Waals surface area contributed by atoms with E-state index < -0.39 is 0 Å². The van der Waals surface area contributed by atoms with Crippen molar-refractivity contribution in [3.05, 3.63) is 35.4 Å². The maximum absolute atomic E-state index is 13.1. The summed E-state index contributed by atoms with van der Waals surface area (Å²) < 4.78 is 0. The van der Waals surface area contributed by atoms with Gasteiger partial charge in [-0.25, -0.2) is 0 Å². The van der Waals surface area contributed by atoms with Crippen molar-refractivity contribution in [1.82, 2.24) is 4.90 Å². The van der Waals surface area contributed by atoms with E-state index in [0.717, 1.165) is 25.9 Å². The molecule has 1 heterocycles. The van der Waals surface area contributed by atoms with Gasteiger partial charge in [-0.2, -0.15) is 0 Å². The Bertz CT molecular complexity index is 663. The van der Waals surface area contributed by atoms with Crippen LogP contribution in [0.15, 0.2) is 24.3 Å². The summed E-state index contributed by atoms with van der Waals surface area (Å²) in [7, 11) is 0. The van der Waals surface area contributed by atoms with Gasteiger partial charge in [0, 0.05) is 30.5 Å². The lowest BCUT2D eigenvalue weighted by Gasteiger charge is -2.28. The molecular weight excluding hydrogens is 320 g/mol. The minimum Gasteiger partial charge on any atom is -0.342 e. The summed E-state index contributed by atoms with van der Waals surface area (Å²) in [6.07, 6.45) is 7.05. The number of aryl methyl sites for hydroxylation is 1. The highest BCUT2D eigenvalue weighted by Gasteiger charge is 2.61. The van der Waals surface area contributed by atoms with Crippen molar-refractivity contribution in [3.8, 4) is 0 Å². The zero-order chi connectivity index (χ0) is 15.6. The van der Waals surface area contributed by atoms with E-state index in [9.17, 15) is 4.79 Å². The van der Waals surface area contributed by atoms with Crippen LogP contribution >= 0.6 is 12.4 Å². The zero-order valence-electron chi connectivity index (χ0n) is 14.1. The molecule has 5 unspecified atom stereocenters. The van der Waals surface area contributed by atoms with Gasteiger partial charge in [-0.05, 0) is 61.5 Å². The van der Waals surface area contributed by atoms with E-state index in [1.165, 1.54) is 36.8 Å². The molecule has 4 aliphatic rings. The predicted octanol–water partition coefficient (Wildman–Crippen LogP) is 2.90. The second-order valence-corrected chi connectivity index (χ2v) is 8.33. The Hall–Kier alpha value is -1.06. The molecule has 2 N–H and O–H groups in total. The number of halogens is 1. The predicted molar refractivity (Wildman–Crippen MR) is 97.2 cm³/mol. The summed E-state index contributed by atoms with van der Waals surface area (Å²) in [4.78, 5) is 15.3. The quantitative estimate of drug-likeness (QED) is 0.849. The van der Waals surface area contributed by atoms with E-state index in [1.54, 1.807) is 0 Å². The molecule has 1 saturated heterocycles. The molecule has 1 aromatic carbocycles. The monoisotopic (exact) mass is 346 g/mol. The van der Waals surface area contributed by atoms with Crippen molar-refractivity contribution in [1.29, 1.82) is 0 Å². The third-order valence-corrected chi connectivity index (χ3v) is 7.22. The van der Waals surface area contributed by atoms with E-state index >= 15 is 0 Å². The number of benzene rings is 1. The second kappa shape index (κ2) is 5.74. The first-order valence-electron chi connectivity index (χ1n) is 9.32. The van der Waals surface area contributed by atoms with Crippen LogP contribution in [0.1, 0.15) is 43.2 Å². The largest absolute Gasteiger partial charge is 0.342 e. The third kappa shape index (κ3) is 2.24. The van der Waals surface area contributed by atoms with Gasteiger partial charge in [-0.15, -0.1) is 12.4 Å². The summed E-state index contributed by atoms with van der Waals surface area (Å²) in [6, 6.07) is 9.14. The van der Waals surface area contributed by atoms with Crippen LogP contribution in [0.3, 0.4) is 0 Å².